The minimum atomic E-state index is -1.29. The van der Waals surface area contributed by atoms with E-state index in [9.17, 15) is 29.1 Å². The van der Waals surface area contributed by atoms with Crippen LogP contribution >= 0.6 is 0 Å². The van der Waals surface area contributed by atoms with Crippen molar-refractivity contribution in [1.82, 2.24) is 30.9 Å². The van der Waals surface area contributed by atoms with E-state index in [1.165, 1.54) is 12.5 Å². The van der Waals surface area contributed by atoms with Gasteiger partial charge in [0.25, 0.3) is 0 Å². The number of carbonyl (C=O) groups excluding carboxylic acids is 4. The molecule has 0 spiro atoms. The number of H-pyrrole nitrogens is 2. The minimum Gasteiger partial charge on any atom is -0.480 e. The van der Waals surface area contributed by atoms with Crippen LogP contribution in [-0.2, 0) is 36.8 Å². The molecule has 14 N–H and O–H groups in total. The number of fused-ring (bicyclic) bond motifs is 1. The van der Waals surface area contributed by atoms with Crippen LogP contribution in [0.4, 0.5) is 0 Å². The molecule has 17 heteroatoms. The quantitative estimate of drug-likeness (QED) is 0.0415. The number of hydrogen-bond donors (Lipinski definition) is 10. The molecular formula is C28H39N11O6. The summed E-state index contributed by atoms with van der Waals surface area (Å²) in [6.07, 6.45) is 4.64. The first-order chi connectivity index (χ1) is 21.4. The average Bonchev–Trinajstić information content (AvgIpc) is 3.66. The summed E-state index contributed by atoms with van der Waals surface area (Å²) in [6.45, 7) is 0.161. The Bertz CT molecular complexity index is 1500. The minimum absolute atomic E-state index is 0.00915. The molecule has 0 aliphatic carbocycles. The van der Waals surface area contributed by atoms with E-state index < -0.39 is 53.8 Å². The van der Waals surface area contributed by atoms with Crippen LogP contribution in [0.5, 0.6) is 0 Å². The number of aliphatic carboxylic acids is 1. The second-order valence-electron chi connectivity index (χ2n) is 10.4. The fraction of sp³-hybridized carbons (Fsp3) is 0.393. The summed E-state index contributed by atoms with van der Waals surface area (Å²) >= 11 is 0. The van der Waals surface area contributed by atoms with Crippen LogP contribution < -0.4 is 38.9 Å². The van der Waals surface area contributed by atoms with Crippen molar-refractivity contribution in [2.45, 2.75) is 62.7 Å². The molecule has 3 aromatic rings. The van der Waals surface area contributed by atoms with Gasteiger partial charge in [-0.05, 0) is 30.9 Å². The molecule has 3 rings (SSSR count). The number of aliphatic imine (C=N–C) groups is 1. The maximum Gasteiger partial charge on any atom is 0.326 e. The van der Waals surface area contributed by atoms with Crippen LogP contribution in [0.2, 0.25) is 0 Å². The monoisotopic (exact) mass is 625 g/mol. The van der Waals surface area contributed by atoms with Crippen molar-refractivity contribution in [3.63, 3.8) is 0 Å². The standard InChI is InChI=1S/C28H39N11O6/c29-18(7-8-23(30)40)24(41)38-22(11-16-13-33-14-36-16)26(43)39-21(10-15-12-35-19-5-2-1-4-17(15)19)25(42)37-20(27(44)45)6-3-9-34-28(31)32/h1-2,4-5,12-14,18,20-22,35H,3,6-11,29H2,(H2,30,40)(H,33,36)(H,37,42)(H,38,41)(H,39,43)(H,44,45)(H4,31,32,34). The van der Waals surface area contributed by atoms with Gasteiger partial charge in [0.15, 0.2) is 5.96 Å². The lowest BCUT2D eigenvalue weighted by atomic mass is 10.0. The van der Waals surface area contributed by atoms with Crippen molar-refractivity contribution in [2.24, 2.45) is 27.9 Å². The first kappa shape index (κ1) is 34.0. The van der Waals surface area contributed by atoms with Crippen LogP contribution in [0.25, 0.3) is 10.9 Å². The number of carboxylic acids is 1. The molecule has 0 saturated carbocycles. The Balaban J connectivity index is 1.84. The number of carbonyl (C=O) groups is 5. The number of rotatable bonds is 18. The number of carboxylic acid groups (broad SMARTS) is 1. The summed E-state index contributed by atoms with van der Waals surface area (Å²) in [6, 6.07) is 2.46. The van der Waals surface area contributed by atoms with E-state index in [4.69, 9.17) is 22.9 Å². The van der Waals surface area contributed by atoms with Crippen molar-refractivity contribution in [3.8, 4) is 0 Å². The Morgan fingerprint density at radius 2 is 1.56 bits per heavy atom. The van der Waals surface area contributed by atoms with Crippen molar-refractivity contribution in [3.05, 3.63) is 54.2 Å². The molecule has 0 aliphatic heterocycles. The maximum absolute atomic E-state index is 13.7. The molecule has 0 radical (unpaired) electrons. The van der Waals surface area contributed by atoms with E-state index in [1.54, 1.807) is 6.20 Å². The third-order valence-corrected chi connectivity index (χ3v) is 6.94. The summed E-state index contributed by atoms with van der Waals surface area (Å²) in [5.41, 5.74) is 23.7. The maximum atomic E-state index is 13.7. The highest BCUT2D eigenvalue weighted by atomic mass is 16.4. The molecule has 4 unspecified atom stereocenters. The summed E-state index contributed by atoms with van der Waals surface area (Å²) in [5.74, 6) is -4.25. The Morgan fingerprint density at radius 3 is 2.20 bits per heavy atom. The molecule has 0 fully saturated rings. The van der Waals surface area contributed by atoms with Gasteiger partial charge in [0.1, 0.15) is 18.1 Å². The van der Waals surface area contributed by atoms with Gasteiger partial charge in [-0.15, -0.1) is 0 Å². The molecule has 2 aromatic heterocycles. The van der Waals surface area contributed by atoms with Gasteiger partial charge in [0, 0.05) is 54.8 Å². The van der Waals surface area contributed by atoms with Crippen molar-refractivity contribution < 1.29 is 29.1 Å². The van der Waals surface area contributed by atoms with Gasteiger partial charge < -0.3 is 54.0 Å². The number of benzene rings is 1. The van der Waals surface area contributed by atoms with Crippen LogP contribution in [0, 0.1) is 0 Å². The number of aromatic amines is 2. The van der Waals surface area contributed by atoms with E-state index in [0.29, 0.717) is 11.3 Å². The molecule has 2 heterocycles. The number of para-hydroxylation sites is 1. The van der Waals surface area contributed by atoms with Gasteiger partial charge >= 0.3 is 5.97 Å². The number of hydrogen-bond acceptors (Lipinski definition) is 8. The highest BCUT2D eigenvalue weighted by Gasteiger charge is 2.31. The molecule has 0 bridgehead atoms. The summed E-state index contributed by atoms with van der Waals surface area (Å²) in [7, 11) is 0. The smallest absolute Gasteiger partial charge is 0.326 e. The van der Waals surface area contributed by atoms with E-state index in [1.807, 2.05) is 24.3 Å². The Morgan fingerprint density at radius 1 is 0.889 bits per heavy atom. The predicted octanol–water partition coefficient (Wildman–Crippen LogP) is -2.14. The molecule has 4 atom stereocenters. The van der Waals surface area contributed by atoms with Gasteiger partial charge in [-0.25, -0.2) is 9.78 Å². The Kier molecular flexibility index (Phi) is 12.4. The Hall–Kier alpha value is -5.45. The van der Waals surface area contributed by atoms with Crippen molar-refractivity contribution in [1.29, 1.82) is 0 Å². The predicted molar refractivity (Wildman–Crippen MR) is 164 cm³/mol. The number of nitrogens with zero attached hydrogens (tertiary/aromatic N) is 2. The second kappa shape index (κ2) is 16.4. The number of primary amides is 1. The lowest BCUT2D eigenvalue weighted by Crippen LogP contribution is -2.58. The first-order valence-corrected chi connectivity index (χ1v) is 14.2. The number of aromatic nitrogens is 3. The van der Waals surface area contributed by atoms with Crippen LogP contribution in [0.1, 0.15) is 36.9 Å². The fourth-order valence-electron chi connectivity index (χ4n) is 4.57. The lowest BCUT2D eigenvalue weighted by molar-refractivity contribution is -0.142. The highest BCUT2D eigenvalue weighted by molar-refractivity contribution is 5.95. The van der Waals surface area contributed by atoms with Gasteiger partial charge in [-0.2, -0.15) is 0 Å². The third kappa shape index (κ3) is 10.6. The SMILES string of the molecule is NC(=O)CCC(N)C(=O)NC(Cc1cnc[nH]1)C(=O)NC(Cc1c[nH]c2ccccc12)C(=O)NC(CCCN=C(N)N)C(=O)O. The van der Waals surface area contributed by atoms with E-state index in [2.05, 4.69) is 35.9 Å². The first-order valence-electron chi connectivity index (χ1n) is 14.2. The number of amides is 4. The number of imidazole rings is 1. The zero-order chi connectivity index (χ0) is 32.9. The summed E-state index contributed by atoms with van der Waals surface area (Å²) < 4.78 is 0. The second-order valence-corrected chi connectivity index (χ2v) is 10.4. The Labute approximate surface area is 258 Å². The molecule has 0 saturated heterocycles. The van der Waals surface area contributed by atoms with Crippen LogP contribution in [0.3, 0.4) is 0 Å². The van der Waals surface area contributed by atoms with E-state index in [0.717, 1.165) is 10.9 Å². The number of guanidine groups is 1. The van der Waals surface area contributed by atoms with Gasteiger partial charge in [0.2, 0.25) is 23.6 Å². The largest absolute Gasteiger partial charge is 0.480 e. The molecule has 45 heavy (non-hydrogen) atoms. The summed E-state index contributed by atoms with van der Waals surface area (Å²) in [4.78, 5) is 77.0. The van der Waals surface area contributed by atoms with Gasteiger partial charge in [-0.1, -0.05) is 18.2 Å². The van der Waals surface area contributed by atoms with E-state index >= 15 is 0 Å². The third-order valence-electron chi connectivity index (χ3n) is 6.94. The highest BCUT2D eigenvalue weighted by Crippen LogP contribution is 2.19. The van der Waals surface area contributed by atoms with Gasteiger partial charge in [-0.3, -0.25) is 24.2 Å². The van der Waals surface area contributed by atoms with Crippen molar-refractivity contribution >= 4 is 46.5 Å². The topological polar surface area (TPSA) is 303 Å². The normalized spacial score (nSPS) is 13.6. The number of nitrogens with one attached hydrogen (secondary N) is 5. The van der Waals surface area contributed by atoms with E-state index in [-0.39, 0.29) is 51.0 Å². The molecule has 242 valence electrons. The molecular weight excluding hydrogens is 586 g/mol. The van der Waals surface area contributed by atoms with Crippen molar-refractivity contribution in [2.75, 3.05) is 6.54 Å². The zero-order valence-corrected chi connectivity index (χ0v) is 24.5. The molecule has 0 aliphatic rings. The summed E-state index contributed by atoms with van der Waals surface area (Å²) in [5, 5.41) is 18.3. The van der Waals surface area contributed by atoms with Crippen LogP contribution in [-0.4, -0.2) is 86.3 Å². The molecule has 1 aromatic carbocycles. The molecule has 4 amide bonds. The molecule has 17 nitrogen and oxygen atoms in total. The zero-order valence-electron chi connectivity index (χ0n) is 24.5. The number of nitrogens with two attached hydrogens (primary N) is 4. The average molecular weight is 626 g/mol. The fourth-order valence-corrected chi connectivity index (χ4v) is 4.57. The van der Waals surface area contributed by atoms with Crippen LogP contribution in [0.15, 0.2) is 48.0 Å². The lowest BCUT2D eigenvalue weighted by Gasteiger charge is -2.25. The van der Waals surface area contributed by atoms with Gasteiger partial charge in [0.05, 0.1) is 12.4 Å².